The number of fused-ring (bicyclic) bond motifs is 1. The van der Waals surface area contributed by atoms with E-state index in [1.165, 1.54) is 0 Å². The number of rotatable bonds is 3. The second kappa shape index (κ2) is 4.73. The first-order valence-electron chi connectivity index (χ1n) is 6.70. The van der Waals surface area contributed by atoms with Crippen molar-refractivity contribution < 1.29 is 9.90 Å². The van der Waals surface area contributed by atoms with Crippen molar-refractivity contribution in [2.45, 2.75) is 18.4 Å². The molecular weight excluding hydrogens is 248 g/mol. The van der Waals surface area contributed by atoms with Gasteiger partial charge in [-0.25, -0.2) is 0 Å². The highest BCUT2D eigenvalue weighted by molar-refractivity contribution is 6.03. The third-order valence-corrected chi connectivity index (χ3v) is 3.90. The van der Waals surface area contributed by atoms with E-state index in [-0.39, 0.29) is 11.7 Å². The molecule has 0 fully saturated rings. The first-order valence-corrected chi connectivity index (χ1v) is 6.70. The zero-order valence-electron chi connectivity index (χ0n) is 11.3. The van der Waals surface area contributed by atoms with Gasteiger partial charge in [-0.1, -0.05) is 66.7 Å². The molecule has 2 heteroatoms. The average Bonchev–Trinajstić information content (AvgIpc) is 2.92. The molecule has 2 nitrogen and oxygen atoms in total. The van der Waals surface area contributed by atoms with Gasteiger partial charge in [0.05, 0.1) is 0 Å². The summed E-state index contributed by atoms with van der Waals surface area (Å²) in [5.41, 5.74) is 1.17. The molecule has 2 atom stereocenters. The van der Waals surface area contributed by atoms with Gasteiger partial charge in [0.15, 0.2) is 5.78 Å². The molecule has 0 radical (unpaired) electrons. The van der Waals surface area contributed by atoms with Crippen LogP contribution in [0.5, 0.6) is 0 Å². The summed E-state index contributed by atoms with van der Waals surface area (Å²) in [6, 6.07) is 16.8. The van der Waals surface area contributed by atoms with E-state index in [4.69, 9.17) is 0 Å². The quantitative estimate of drug-likeness (QED) is 0.862. The fourth-order valence-electron chi connectivity index (χ4n) is 2.76. The second-order valence-electron chi connectivity index (χ2n) is 5.31. The standard InChI is InChI=1S/C18H16O2/c1-18(20,17(19)14-8-3-2-4-9-14)16-12-11-13-7-5-6-10-15(13)16/h2-12,16,20H,1H3. The molecule has 1 aliphatic carbocycles. The van der Waals surface area contributed by atoms with Crippen LogP contribution in [-0.4, -0.2) is 16.5 Å². The van der Waals surface area contributed by atoms with Crippen molar-refractivity contribution in [1.29, 1.82) is 0 Å². The zero-order chi connectivity index (χ0) is 14.2. The Morgan fingerprint density at radius 1 is 1.05 bits per heavy atom. The van der Waals surface area contributed by atoms with Crippen LogP contribution < -0.4 is 0 Å². The Morgan fingerprint density at radius 2 is 1.70 bits per heavy atom. The van der Waals surface area contributed by atoms with Crippen LogP contribution in [0.15, 0.2) is 60.7 Å². The van der Waals surface area contributed by atoms with Crippen LogP contribution >= 0.6 is 0 Å². The predicted molar refractivity (Wildman–Crippen MR) is 79.6 cm³/mol. The Labute approximate surface area is 118 Å². The summed E-state index contributed by atoms with van der Waals surface area (Å²) in [4.78, 5) is 12.6. The van der Waals surface area contributed by atoms with E-state index in [1.807, 2.05) is 54.6 Å². The van der Waals surface area contributed by atoms with Gasteiger partial charge < -0.3 is 5.11 Å². The van der Waals surface area contributed by atoms with Crippen LogP contribution in [0.1, 0.15) is 34.3 Å². The van der Waals surface area contributed by atoms with Gasteiger partial charge in [-0.05, 0) is 18.1 Å². The van der Waals surface area contributed by atoms with Gasteiger partial charge in [0, 0.05) is 11.5 Å². The van der Waals surface area contributed by atoms with Crippen LogP contribution in [0.3, 0.4) is 0 Å². The summed E-state index contributed by atoms with van der Waals surface area (Å²) in [5.74, 6) is -0.546. The van der Waals surface area contributed by atoms with Crippen LogP contribution in [0, 0.1) is 0 Å². The minimum atomic E-state index is -1.44. The van der Waals surface area contributed by atoms with Crippen LogP contribution in [0.25, 0.3) is 6.08 Å². The number of benzene rings is 2. The molecule has 1 N–H and O–H groups in total. The van der Waals surface area contributed by atoms with Crippen molar-refractivity contribution in [1.82, 2.24) is 0 Å². The van der Waals surface area contributed by atoms with Crippen LogP contribution in [-0.2, 0) is 0 Å². The molecule has 0 aromatic heterocycles. The Hall–Kier alpha value is -2.19. The summed E-state index contributed by atoms with van der Waals surface area (Å²) < 4.78 is 0. The van der Waals surface area contributed by atoms with Crippen molar-refractivity contribution in [3.8, 4) is 0 Å². The fourth-order valence-corrected chi connectivity index (χ4v) is 2.76. The van der Waals surface area contributed by atoms with Crippen LogP contribution in [0.4, 0.5) is 0 Å². The number of ketones is 1. The van der Waals surface area contributed by atoms with Crippen molar-refractivity contribution >= 4 is 11.9 Å². The number of carbonyl (C=O) groups is 1. The molecule has 2 aromatic rings. The lowest BCUT2D eigenvalue weighted by atomic mass is 9.80. The summed E-state index contributed by atoms with van der Waals surface area (Å²) in [6.45, 7) is 1.60. The third-order valence-electron chi connectivity index (χ3n) is 3.90. The molecule has 0 saturated heterocycles. The summed E-state index contributed by atoms with van der Waals surface area (Å²) in [7, 11) is 0. The number of hydrogen-bond acceptors (Lipinski definition) is 2. The van der Waals surface area contributed by atoms with Gasteiger partial charge in [0.1, 0.15) is 5.60 Å². The molecule has 2 aromatic carbocycles. The highest BCUT2D eigenvalue weighted by Crippen LogP contribution is 2.39. The van der Waals surface area contributed by atoms with Crippen LogP contribution in [0.2, 0.25) is 0 Å². The Bertz CT molecular complexity index is 669. The zero-order valence-corrected chi connectivity index (χ0v) is 11.3. The lowest BCUT2D eigenvalue weighted by Crippen LogP contribution is -2.40. The van der Waals surface area contributed by atoms with Crippen molar-refractivity contribution in [3.63, 3.8) is 0 Å². The molecule has 1 aliphatic rings. The molecule has 0 amide bonds. The monoisotopic (exact) mass is 264 g/mol. The molecule has 0 heterocycles. The number of carbonyl (C=O) groups excluding carboxylic acids is 1. The Kier molecular flexibility index (Phi) is 3.03. The smallest absolute Gasteiger partial charge is 0.194 e. The molecule has 0 spiro atoms. The van der Waals surface area contributed by atoms with E-state index in [2.05, 4.69) is 0 Å². The van der Waals surface area contributed by atoms with Gasteiger partial charge in [0.25, 0.3) is 0 Å². The first-order chi connectivity index (χ1) is 9.60. The SMILES string of the molecule is CC(O)(C(=O)c1ccccc1)C1C=Cc2ccccc21. The molecule has 0 saturated carbocycles. The van der Waals surface area contributed by atoms with E-state index in [1.54, 1.807) is 19.1 Å². The van der Waals surface area contributed by atoms with Gasteiger partial charge in [0.2, 0.25) is 0 Å². The lowest BCUT2D eigenvalue weighted by molar-refractivity contribution is 0.0344. The highest BCUT2D eigenvalue weighted by atomic mass is 16.3. The summed E-state index contributed by atoms with van der Waals surface area (Å²) in [5, 5.41) is 10.8. The maximum Gasteiger partial charge on any atom is 0.194 e. The second-order valence-corrected chi connectivity index (χ2v) is 5.31. The highest BCUT2D eigenvalue weighted by Gasteiger charge is 2.41. The number of aliphatic hydroxyl groups is 1. The lowest BCUT2D eigenvalue weighted by Gasteiger charge is -2.28. The van der Waals surface area contributed by atoms with Gasteiger partial charge in [-0.3, -0.25) is 4.79 Å². The first kappa shape index (κ1) is 12.8. The van der Waals surface area contributed by atoms with Gasteiger partial charge in [-0.15, -0.1) is 0 Å². The molecule has 100 valence electrons. The van der Waals surface area contributed by atoms with E-state index in [9.17, 15) is 9.90 Å². The van der Waals surface area contributed by atoms with Crippen molar-refractivity contribution in [3.05, 3.63) is 77.4 Å². The number of hydrogen-bond donors (Lipinski definition) is 1. The largest absolute Gasteiger partial charge is 0.381 e. The summed E-state index contributed by atoms with van der Waals surface area (Å²) in [6.07, 6.45) is 3.87. The third kappa shape index (κ3) is 1.98. The average molecular weight is 264 g/mol. The minimum Gasteiger partial charge on any atom is -0.381 e. The Morgan fingerprint density at radius 3 is 2.45 bits per heavy atom. The molecule has 20 heavy (non-hydrogen) atoms. The van der Waals surface area contributed by atoms with E-state index in [0.717, 1.165) is 11.1 Å². The topological polar surface area (TPSA) is 37.3 Å². The maximum atomic E-state index is 12.6. The van der Waals surface area contributed by atoms with Gasteiger partial charge in [-0.2, -0.15) is 0 Å². The number of Topliss-reactive ketones (excluding diaryl/α,β-unsaturated/α-hetero) is 1. The predicted octanol–water partition coefficient (Wildman–Crippen LogP) is 3.43. The normalized spacial score (nSPS) is 19.4. The van der Waals surface area contributed by atoms with E-state index >= 15 is 0 Å². The Balaban J connectivity index is 1.98. The maximum absolute atomic E-state index is 12.6. The van der Waals surface area contributed by atoms with E-state index in [0.29, 0.717) is 5.56 Å². The molecule has 3 rings (SSSR count). The summed E-state index contributed by atoms with van der Waals surface area (Å²) >= 11 is 0. The molecule has 2 unspecified atom stereocenters. The van der Waals surface area contributed by atoms with Crippen molar-refractivity contribution in [2.24, 2.45) is 0 Å². The molecule has 0 aliphatic heterocycles. The minimum absolute atomic E-state index is 0.246. The van der Waals surface area contributed by atoms with Crippen molar-refractivity contribution in [2.75, 3.05) is 0 Å². The molecular formula is C18H16O2. The molecule has 0 bridgehead atoms. The van der Waals surface area contributed by atoms with E-state index < -0.39 is 5.60 Å². The van der Waals surface area contributed by atoms with Gasteiger partial charge >= 0.3 is 0 Å². The fraction of sp³-hybridized carbons (Fsp3) is 0.167.